The summed E-state index contributed by atoms with van der Waals surface area (Å²) in [6.07, 6.45) is 2.07. The van der Waals surface area contributed by atoms with Crippen LogP contribution >= 0.6 is 15.9 Å². The Morgan fingerprint density at radius 3 is 2.93 bits per heavy atom. The highest BCUT2D eigenvalue weighted by molar-refractivity contribution is 9.10. The summed E-state index contributed by atoms with van der Waals surface area (Å²) in [5.74, 6) is 0. The maximum atomic E-state index is 5.47. The van der Waals surface area contributed by atoms with Crippen molar-refractivity contribution in [2.45, 2.75) is 12.8 Å². The number of halogens is 1. The summed E-state index contributed by atoms with van der Waals surface area (Å²) in [5, 5.41) is 1.26. The molecule has 0 unspecified atom stereocenters. The molecule has 1 heterocycles. The molecule has 0 saturated heterocycles. The minimum absolute atomic E-state index is 0.749. The van der Waals surface area contributed by atoms with Crippen LogP contribution in [0.2, 0.25) is 0 Å². The van der Waals surface area contributed by atoms with Gasteiger partial charge in [0.25, 0.3) is 0 Å². The minimum atomic E-state index is 0.749. The van der Waals surface area contributed by atoms with E-state index in [2.05, 4.69) is 45.2 Å². The average molecular weight is 253 g/mol. The van der Waals surface area contributed by atoms with E-state index in [1.807, 2.05) is 0 Å². The maximum absolute atomic E-state index is 5.47. The molecule has 0 spiro atoms. The van der Waals surface area contributed by atoms with E-state index in [4.69, 9.17) is 5.73 Å². The number of fused-ring (bicyclic) bond motifs is 1. The topological polar surface area (TPSA) is 41.8 Å². The first-order chi connectivity index (χ1) is 6.79. The fourth-order valence-electron chi connectivity index (χ4n) is 1.59. The Bertz CT molecular complexity index is 434. The van der Waals surface area contributed by atoms with Crippen molar-refractivity contribution in [3.8, 4) is 0 Å². The lowest BCUT2D eigenvalue weighted by Crippen LogP contribution is -2.00. The number of rotatable bonds is 3. The largest absolute Gasteiger partial charge is 0.358 e. The quantitative estimate of drug-likeness (QED) is 0.867. The van der Waals surface area contributed by atoms with Crippen LogP contribution in [0.3, 0.4) is 0 Å². The summed E-state index contributed by atoms with van der Waals surface area (Å²) >= 11 is 3.45. The molecule has 3 heteroatoms. The number of nitrogens with one attached hydrogen (secondary N) is 1. The van der Waals surface area contributed by atoms with E-state index in [-0.39, 0.29) is 0 Å². The van der Waals surface area contributed by atoms with Crippen molar-refractivity contribution in [2.75, 3.05) is 6.54 Å². The Labute approximate surface area is 91.6 Å². The molecule has 2 aromatic rings. The Hall–Kier alpha value is -0.800. The smallest absolute Gasteiger partial charge is 0.0467 e. The molecule has 2 nitrogen and oxygen atoms in total. The lowest BCUT2D eigenvalue weighted by molar-refractivity contribution is 0.818. The zero-order valence-corrected chi connectivity index (χ0v) is 9.47. The Morgan fingerprint density at radius 2 is 2.14 bits per heavy atom. The number of benzene rings is 1. The van der Waals surface area contributed by atoms with Crippen LogP contribution in [0.4, 0.5) is 0 Å². The van der Waals surface area contributed by atoms with Gasteiger partial charge in [0.15, 0.2) is 0 Å². The number of H-pyrrole nitrogens is 1. The highest BCUT2D eigenvalue weighted by atomic mass is 79.9. The second kappa shape index (κ2) is 4.15. The van der Waals surface area contributed by atoms with Crippen LogP contribution in [0, 0.1) is 0 Å². The molecule has 0 fully saturated rings. The normalized spacial score (nSPS) is 11.0. The Morgan fingerprint density at radius 1 is 1.29 bits per heavy atom. The lowest BCUT2D eigenvalue weighted by Gasteiger charge is -1.93. The summed E-state index contributed by atoms with van der Waals surface area (Å²) in [5.41, 5.74) is 7.93. The molecule has 2 rings (SSSR count). The van der Waals surface area contributed by atoms with Gasteiger partial charge in [0.05, 0.1) is 0 Å². The SMILES string of the molecule is NCCCc1cc2ccc(Br)cc2[nH]1. The standard InChI is InChI=1S/C11H13BrN2/c12-9-4-3-8-6-10(2-1-5-13)14-11(8)7-9/h3-4,6-7,14H,1-2,5,13H2. The average Bonchev–Trinajstić information content (AvgIpc) is 2.56. The third-order valence-corrected chi connectivity index (χ3v) is 2.78. The monoisotopic (exact) mass is 252 g/mol. The molecule has 0 aliphatic heterocycles. The third-order valence-electron chi connectivity index (χ3n) is 2.29. The molecule has 0 bridgehead atoms. The molecule has 0 saturated carbocycles. The van der Waals surface area contributed by atoms with Gasteiger partial charge in [-0.25, -0.2) is 0 Å². The van der Waals surface area contributed by atoms with E-state index in [1.165, 1.54) is 16.6 Å². The summed E-state index contributed by atoms with van der Waals surface area (Å²) in [4.78, 5) is 3.39. The molecule has 0 aliphatic carbocycles. The van der Waals surface area contributed by atoms with Gasteiger partial charge in [-0.1, -0.05) is 22.0 Å². The van der Waals surface area contributed by atoms with Crippen molar-refractivity contribution in [1.82, 2.24) is 4.98 Å². The van der Waals surface area contributed by atoms with Gasteiger partial charge in [0.2, 0.25) is 0 Å². The molecule has 0 atom stereocenters. The van der Waals surface area contributed by atoms with E-state index >= 15 is 0 Å². The van der Waals surface area contributed by atoms with Gasteiger partial charge in [-0.3, -0.25) is 0 Å². The van der Waals surface area contributed by atoms with Crippen LogP contribution in [-0.2, 0) is 6.42 Å². The van der Waals surface area contributed by atoms with E-state index in [0.717, 1.165) is 23.9 Å². The van der Waals surface area contributed by atoms with Crippen LogP contribution in [-0.4, -0.2) is 11.5 Å². The van der Waals surface area contributed by atoms with E-state index in [1.54, 1.807) is 0 Å². The van der Waals surface area contributed by atoms with Gasteiger partial charge in [-0.2, -0.15) is 0 Å². The molecule has 3 N–H and O–H groups in total. The molecular weight excluding hydrogens is 240 g/mol. The first kappa shape index (κ1) is 9.74. The fraction of sp³-hybridized carbons (Fsp3) is 0.273. The van der Waals surface area contributed by atoms with Gasteiger partial charge < -0.3 is 10.7 Å². The molecule has 0 aliphatic rings. The van der Waals surface area contributed by atoms with Gasteiger partial charge in [0, 0.05) is 15.7 Å². The van der Waals surface area contributed by atoms with Gasteiger partial charge in [-0.05, 0) is 43.0 Å². The lowest BCUT2D eigenvalue weighted by atomic mass is 10.2. The van der Waals surface area contributed by atoms with Crippen molar-refractivity contribution in [3.63, 3.8) is 0 Å². The number of hydrogen-bond acceptors (Lipinski definition) is 1. The van der Waals surface area contributed by atoms with Crippen molar-refractivity contribution in [2.24, 2.45) is 5.73 Å². The first-order valence-electron chi connectivity index (χ1n) is 4.77. The summed E-state index contributed by atoms with van der Waals surface area (Å²) in [6.45, 7) is 0.749. The number of hydrogen-bond donors (Lipinski definition) is 2. The Balaban J connectivity index is 2.32. The summed E-state index contributed by atoms with van der Waals surface area (Å²) in [7, 11) is 0. The van der Waals surface area contributed by atoms with Gasteiger partial charge >= 0.3 is 0 Å². The van der Waals surface area contributed by atoms with Crippen LogP contribution in [0.15, 0.2) is 28.7 Å². The van der Waals surface area contributed by atoms with Crippen LogP contribution in [0.5, 0.6) is 0 Å². The van der Waals surface area contributed by atoms with Crippen LogP contribution < -0.4 is 5.73 Å². The number of aromatic amines is 1. The van der Waals surface area contributed by atoms with Gasteiger partial charge in [0.1, 0.15) is 0 Å². The van der Waals surface area contributed by atoms with Crippen molar-refractivity contribution >= 4 is 26.8 Å². The molecule has 1 aromatic carbocycles. The second-order valence-corrected chi connectivity index (χ2v) is 4.33. The third kappa shape index (κ3) is 1.99. The fourth-order valence-corrected chi connectivity index (χ4v) is 1.95. The van der Waals surface area contributed by atoms with Gasteiger partial charge in [-0.15, -0.1) is 0 Å². The maximum Gasteiger partial charge on any atom is 0.0467 e. The van der Waals surface area contributed by atoms with E-state index in [0.29, 0.717) is 0 Å². The molecular formula is C11H13BrN2. The van der Waals surface area contributed by atoms with E-state index < -0.39 is 0 Å². The summed E-state index contributed by atoms with van der Waals surface area (Å²) < 4.78 is 1.11. The Kier molecular flexibility index (Phi) is 2.89. The molecule has 0 amide bonds. The predicted octanol–water partition coefficient (Wildman–Crippen LogP) is 2.82. The number of nitrogens with two attached hydrogens (primary N) is 1. The van der Waals surface area contributed by atoms with Crippen LogP contribution in [0.25, 0.3) is 10.9 Å². The zero-order valence-electron chi connectivity index (χ0n) is 7.89. The molecule has 0 radical (unpaired) electrons. The first-order valence-corrected chi connectivity index (χ1v) is 5.56. The minimum Gasteiger partial charge on any atom is -0.358 e. The van der Waals surface area contributed by atoms with Crippen molar-refractivity contribution in [3.05, 3.63) is 34.4 Å². The number of aromatic nitrogens is 1. The molecule has 1 aromatic heterocycles. The highest BCUT2D eigenvalue weighted by Gasteiger charge is 2.00. The predicted molar refractivity (Wildman–Crippen MR) is 63.4 cm³/mol. The van der Waals surface area contributed by atoms with Crippen molar-refractivity contribution < 1.29 is 0 Å². The zero-order chi connectivity index (χ0) is 9.97. The molecule has 74 valence electrons. The second-order valence-electron chi connectivity index (χ2n) is 3.42. The van der Waals surface area contributed by atoms with Crippen LogP contribution in [0.1, 0.15) is 12.1 Å². The highest BCUT2D eigenvalue weighted by Crippen LogP contribution is 2.20. The molecule has 14 heavy (non-hydrogen) atoms. The number of aryl methyl sites for hydroxylation is 1. The van der Waals surface area contributed by atoms with Crippen molar-refractivity contribution in [1.29, 1.82) is 0 Å². The van der Waals surface area contributed by atoms with E-state index in [9.17, 15) is 0 Å². The summed E-state index contributed by atoms with van der Waals surface area (Å²) in [6, 6.07) is 8.46.